The number of piperazine rings is 1. The van der Waals surface area contributed by atoms with E-state index in [-0.39, 0.29) is 28.9 Å². The zero-order chi connectivity index (χ0) is 37.3. The van der Waals surface area contributed by atoms with Gasteiger partial charge in [0.15, 0.2) is 22.9 Å². The number of nitrogens with zero attached hydrogens (tertiary/aromatic N) is 10. The maximum absolute atomic E-state index is 14.8. The van der Waals surface area contributed by atoms with Crippen LogP contribution >= 0.6 is 11.6 Å². The molecule has 0 saturated carbocycles. The van der Waals surface area contributed by atoms with E-state index in [4.69, 9.17) is 16.6 Å². The van der Waals surface area contributed by atoms with Crippen molar-refractivity contribution in [1.29, 1.82) is 0 Å². The zero-order valence-corrected chi connectivity index (χ0v) is 30.3. The molecular weight excluding hydrogens is 714 g/mol. The second-order valence-electron chi connectivity index (χ2n) is 13.1. The highest BCUT2D eigenvalue weighted by Crippen LogP contribution is 2.33. The van der Waals surface area contributed by atoms with Crippen LogP contribution in [0.2, 0.25) is 5.15 Å². The quantitative estimate of drug-likeness (QED) is 0.126. The first-order valence-corrected chi connectivity index (χ1v) is 17.7. The summed E-state index contributed by atoms with van der Waals surface area (Å²) < 4.78 is 28.7. The van der Waals surface area contributed by atoms with Gasteiger partial charge in [-0.25, -0.2) is 48.7 Å². The molecule has 0 bridgehead atoms. The van der Waals surface area contributed by atoms with Gasteiger partial charge in [0.25, 0.3) is 0 Å². The Labute approximate surface area is 312 Å². The predicted octanol–water partition coefficient (Wildman–Crippen LogP) is 6.83. The number of rotatable bonds is 7. The van der Waals surface area contributed by atoms with E-state index in [9.17, 15) is 8.78 Å². The van der Waals surface area contributed by atoms with Crippen LogP contribution in [0.4, 0.5) is 26.2 Å². The summed E-state index contributed by atoms with van der Waals surface area (Å²) in [5.74, 6) is 1.36. The number of imidazole rings is 2. The molecule has 0 radical (unpaired) electrons. The highest BCUT2D eigenvalue weighted by atomic mass is 35.5. The lowest BCUT2D eigenvalue weighted by Gasteiger charge is -2.34. The van der Waals surface area contributed by atoms with Gasteiger partial charge in [0.2, 0.25) is 0 Å². The standard InChI is InChI=1S/C21H23FN8.C16H12ClFN6/c1-13(27-20-18-19(24-11-23-18)25-12-26-20)16-10-14-4-3-5-15(22)17(14)21(28-16)30-8-6-29(2)7-9-30;1-8(23-16-13-15(20-6-19-13)21-7-22-16)11-5-9-3-2-4-10(18)12(9)14(17)24-11/h3-5,10-13H,6-9H2,1-2H3,(H2,23,24,25,26,27);2-8H,1H3,(H2,19,20,21,22,23)/t13-;8-/m00/s1. The summed E-state index contributed by atoms with van der Waals surface area (Å²) in [5.41, 5.74) is 4.15. The van der Waals surface area contributed by atoms with Gasteiger partial charge < -0.3 is 30.4 Å². The molecule has 0 unspecified atom stereocenters. The molecule has 14 nitrogen and oxygen atoms in total. The van der Waals surface area contributed by atoms with Crippen LogP contribution in [0, 0.1) is 11.6 Å². The Morgan fingerprint density at radius 1 is 0.685 bits per heavy atom. The first-order chi connectivity index (χ1) is 26.2. The summed E-state index contributed by atoms with van der Waals surface area (Å²) in [5, 5.41) is 9.25. The van der Waals surface area contributed by atoms with Crippen molar-refractivity contribution in [2.24, 2.45) is 0 Å². The summed E-state index contributed by atoms with van der Waals surface area (Å²) in [6.45, 7) is 7.43. The van der Waals surface area contributed by atoms with Gasteiger partial charge in [0.1, 0.15) is 46.3 Å². The third kappa shape index (κ3) is 6.88. The van der Waals surface area contributed by atoms with Gasteiger partial charge in [0, 0.05) is 26.2 Å². The van der Waals surface area contributed by atoms with E-state index in [1.54, 1.807) is 30.9 Å². The maximum atomic E-state index is 14.8. The smallest absolute Gasteiger partial charge is 0.182 e. The topological polar surface area (TPSA) is 165 Å². The number of benzene rings is 2. The number of halogens is 3. The first kappa shape index (κ1) is 34.9. The van der Waals surface area contributed by atoms with Crippen LogP contribution in [0.1, 0.15) is 37.3 Å². The Bertz CT molecular complexity index is 2600. The molecular formula is C37H35ClF2N14. The third-order valence-corrected chi connectivity index (χ3v) is 9.71. The van der Waals surface area contributed by atoms with E-state index in [1.807, 2.05) is 32.0 Å². The van der Waals surface area contributed by atoms with Gasteiger partial charge in [-0.2, -0.15) is 0 Å². The number of likely N-dealkylation sites (N-methyl/N-ethyl adjacent to an activating group) is 1. The van der Waals surface area contributed by atoms with Gasteiger partial charge >= 0.3 is 0 Å². The largest absolute Gasteiger partial charge is 0.360 e. The summed E-state index contributed by atoms with van der Waals surface area (Å²) in [6.07, 6.45) is 6.08. The lowest BCUT2D eigenvalue weighted by atomic mass is 10.1. The Hall–Kier alpha value is -6.13. The Morgan fingerprint density at radius 3 is 1.78 bits per heavy atom. The van der Waals surface area contributed by atoms with Crippen molar-refractivity contribution in [3.05, 3.63) is 102 Å². The van der Waals surface area contributed by atoms with Crippen molar-refractivity contribution < 1.29 is 8.78 Å². The Kier molecular flexibility index (Phi) is 9.52. The highest BCUT2D eigenvalue weighted by molar-refractivity contribution is 6.34. The second-order valence-corrected chi connectivity index (χ2v) is 13.4. The number of hydrogen-bond donors (Lipinski definition) is 4. The molecule has 1 aliphatic rings. The van der Waals surface area contributed by atoms with Gasteiger partial charge in [-0.05, 0) is 55.9 Å². The number of aromatic nitrogens is 10. The lowest BCUT2D eigenvalue weighted by Crippen LogP contribution is -2.45. The maximum Gasteiger partial charge on any atom is 0.182 e. The summed E-state index contributed by atoms with van der Waals surface area (Å²) >= 11 is 6.17. The number of anilines is 3. The van der Waals surface area contributed by atoms with Crippen LogP contribution in [0.5, 0.6) is 0 Å². The fourth-order valence-corrected chi connectivity index (χ4v) is 6.80. The van der Waals surface area contributed by atoms with Gasteiger partial charge in [-0.1, -0.05) is 35.9 Å². The molecule has 274 valence electrons. The van der Waals surface area contributed by atoms with Crippen LogP contribution < -0.4 is 15.5 Å². The van der Waals surface area contributed by atoms with Crippen molar-refractivity contribution in [3.63, 3.8) is 0 Å². The lowest BCUT2D eigenvalue weighted by molar-refractivity contribution is 0.312. The molecule has 0 spiro atoms. The molecule has 0 aliphatic carbocycles. The molecule has 54 heavy (non-hydrogen) atoms. The summed E-state index contributed by atoms with van der Waals surface area (Å²) in [6, 6.07) is 13.4. The number of pyridine rings is 2. The van der Waals surface area contributed by atoms with E-state index in [2.05, 4.69) is 72.3 Å². The molecule has 8 aromatic rings. The number of fused-ring (bicyclic) bond motifs is 4. The monoisotopic (exact) mass is 748 g/mol. The average molecular weight is 749 g/mol. The molecule has 6 aromatic heterocycles. The molecule has 1 aliphatic heterocycles. The van der Waals surface area contributed by atoms with E-state index < -0.39 is 0 Å². The summed E-state index contributed by atoms with van der Waals surface area (Å²) in [4.78, 5) is 44.8. The fourth-order valence-electron chi connectivity index (χ4n) is 6.50. The molecule has 2 atom stereocenters. The number of aromatic amines is 2. The second kappa shape index (κ2) is 14.7. The zero-order valence-electron chi connectivity index (χ0n) is 29.5. The minimum Gasteiger partial charge on any atom is -0.360 e. The number of nitrogens with one attached hydrogen (secondary N) is 4. The molecule has 4 N–H and O–H groups in total. The highest BCUT2D eigenvalue weighted by Gasteiger charge is 2.22. The predicted molar refractivity (Wildman–Crippen MR) is 206 cm³/mol. The van der Waals surface area contributed by atoms with Crippen molar-refractivity contribution in [2.75, 3.05) is 48.8 Å². The Morgan fingerprint density at radius 2 is 1.20 bits per heavy atom. The van der Waals surface area contributed by atoms with Gasteiger partial charge in [0.05, 0.1) is 46.9 Å². The van der Waals surface area contributed by atoms with Crippen LogP contribution in [-0.2, 0) is 0 Å². The molecule has 17 heteroatoms. The molecule has 2 aromatic carbocycles. The van der Waals surface area contributed by atoms with E-state index in [0.717, 1.165) is 42.8 Å². The molecule has 0 amide bonds. The molecule has 7 heterocycles. The first-order valence-electron chi connectivity index (χ1n) is 17.3. The summed E-state index contributed by atoms with van der Waals surface area (Å²) in [7, 11) is 2.10. The van der Waals surface area contributed by atoms with Gasteiger partial charge in [-0.3, -0.25) is 0 Å². The van der Waals surface area contributed by atoms with Crippen molar-refractivity contribution in [2.45, 2.75) is 25.9 Å². The SMILES string of the molecule is C[C@H](Nc1ncnc2nc[nH]c12)c1cc2cccc(F)c2c(Cl)n1.C[C@H](Nc1ncnc2nc[nH]c12)c1cc2cccc(F)c2c(N2CCN(C)CC2)n1. The molecule has 1 saturated heterocycles. The van der Waals surface area contributed by atoms with E-state index in [0.29, 0.717) is 56.1 Å². The van der Waals surface area contributed by atoms with Crippen molar-refractivity contribution >= 4 is 72.9 Å². The fraction of sp³-hybridized carbons (Fsp3) is 0.243. The van der Waals surface area contributed by atoms with Crippen LogP contribution in [-0.4, -0.2) is 88.0 Å². The number of hydrogen-bond acceptors (Lipinski definition) is 12. The van der Waals surface area contributed by atoms with Crippen LogP contribution in [0.3, 0.4) is 0 Å². The number of H-pyrrole nitrogens is 2. The van der Waals surface area contributed by atoms with Crippen molar-refractivity contribution in [1.82, 2.24) is 54.7 Å². The minimum atomic E-state index is -0.382. The normalized spacial score (nSPS) is 14.7. The Balaban J connectivity index is 0.000000157. The van der Waals surface area contributed by atoms with E-state index in [1.165, 1.54) is 24.8 Å². The van der Waals surface area contributed by atoms with E-state index >= 15 is 0 Å². The molecule has 1 fully saturated rings. The van der Waals surface area contributed by atoms with Crippen LogP contribution in [0.15, 0.2) is 73.8 Å². The molecule has 9 rings (SSSR count). The average Bonchev–Trinajstić information content (AvgIpc) is 3.86. The minimum absolute atomic E-state index is 0.142. The van der Waals surface area contributed by atoms with Crippen LogP contribution in [0.25, 0.3) is 43.9 Å². The van der Waals surface area contributed by atoms with Gasteiger partial charge in [-0.15, -0.1) is 0 Å². The van der Waals surface area contributed by atoms with Crippen molar-refractivity contribution in [3.8, 4) is 0 Å². The third-order valence-electron chi connectivity index (χ3n) is 9.43.